The fourth-order valence-electron chi connectivity index (χ4n) is 2.28. The first-order valence-electron chi connectivity index (χ1n) is 7.14. The summed E-state index contributed by atoms with van der Waals surface area (Å²) in [5.74, 6) is 0.665. The Labute approximate surface area is 133 Å². The lowest BCUT2D eigenvalue weighted by Gasteiger charge is -2.22. The molecular formula is C16H16ClN3O2. The molecule has 1 saturated heterocycles. The third kappa shape index (κ3) is 3.68. The van der Waals surface area contributed by atoms with Crippen molar-refractivity contribution in [2.75, 3.05) is 19.7 Å². The zero-order valence-corrected chi connectivity index (χ0v) is 12.7. The number of nitrogens with one attached hydrogen (secondary N) is 1. The molecule has 1 fully saturated rings. The standard InChI is InChI=1S/C16H16ClN3O2/c17-13-3-1-12(2-4-13)14(21)7-11-8-19-16(20-9-11)15-10-18-5-6-22-15/h1-4,8-9,15,18H,5-7,10H2. The van der Waals surface area contributed by atoms with Gasteiger partial charge in [0.2, 0.25) is 0 Å². The fraction of sp³-hybridized carbons (Fsp3) is 0.312. The highest BCUT2D eigenvalue weighted by molar-refractivity contribution is 6.30. The van der Waals surface area contributed by atoms with Crippen LogP contribution in [0.4, 0.5) is 0 Å². The predicted molar refractivity (Wildman–Crippen MR) is 83.1 cm³/mol. The molecule has 0 radical (unpaired) electrons. The summed E-state index contributed by atoms with van der Waals surface area (Å²) in [5.41, 5.74) is 1.42. The van der Waals surface area contributed by atoms with Crippen LogP contribution in [0, 0.1) is 0 Å². The molecule has 1 aliphatic rings. The zero-order valence-electron chi connectivity index (χ0n) is 12.0. The van der Waals surface area contributed by atoms with Crippen LogP contribution in [-0.4, -0.2) is 35.4 Å². The van der Waals surface area contributed by atoms with Crippen molar-refractivity contribution in [3.8, 4) is 0 Å². The molecule has 1 unspecified atom stereocenters. The molecule has 2 aromatic rings. The van der Waals surface area contributed by atoms with E-state index in [0.717, 1.165) is 12.1 Å². The van der Waals surface area contributed by atoms with E-state index >= 15 is 0 Å². The highest BCUT2D eigenvalue weighted by Crippen LogP contribution is 2.15. The minimum atomic E-state index is -0.116. The largest absolute Gasteiger partial charge is 0.368 e. The number of rotatable bonds is 4. The van der Waals surface area contributed by atoms with Crippen LogP contribution in [0.25, 0.3) is 0 Å². The molecule has 0 saturated carbocycles. The average molecular weight is 318 g/mol. The summed E-state index contributed by atoms with van der Waals surface area (Å²) in [7, 11) is 0. The van der Waals surface area contributed by atoms with Crippen molar-refractivity contribution in [3.05, 3.63) is 58.6 Å². The molecule has 0 bridgehead atoms. The second kappa shape index (κ2) is 6.96. The van der Waals surface area contributed by atoms with Crippen molar-refractivity contribution in [1.29, 1.82) is 0 Å². The van der Waals surface area contributed by atoms with Crippen LogP contribution in [0.5, 0.6) is 0 Å². The molecule has 114 valence electrons. The van der Waals surface area contributed by atoms with Crippen molar-refractivity contribution < 1.29 is 9.53 Å². The topological polar surface area (TPSA) is 64.1 Å². The van der Waals surface area contributed by atoms with Crippen LogP contribution in [0.1, 0.15) is 27.8 Å². The van der Waals surface area contributed by atoms with Crippen molar-refractivity contribution in [1.82, 2.24) is 15.3 Å². The second-order valence-corrected chi connectivity index (χ2v) is 5.56. The lowest BCUT2D eigenvalue weighted by Crippen LogP contribution is -2.34. The molecule has 1 aromatic heterocycles. The van der Waals surface area contributed by atoms with Gasteiger partial charge in [-0.3, -0.25) is 4.79 Å². The van der Waals surface area contributed by atoms with Crippen LogP contribution >= 0.6 is 11.6 Å². The van der Waals surface area contributed by atoms with Gasteiger partial charge in [0.05, 0.1) is 6.61 Å². The number of ketones is 1. The number of carbonyl (C=O) groups excluding carboxylic acids is 1. The molecule has 0 spiro atoms. The van der Waals surface area contributed by atoms with Gasteiger partial charge >= 0.3 is 0 Å². The summed E-state index contributed by atoms with van der Waals surface area (Å²) >= 11 is 5.82. The van der Waals surface area contributed by atoms with Crippen LogP contribution in [0.3, 0.4) is 0 Å². The number of nitrogens with zero attached hydrogens (tertiary/aromatic N) is 2. The van der Waals surface area contributed by atoms with E-state index in [2.05, 4.69) is 15.3 Å². The van der Waals surface area contributed by atoms with Crippen LogP contribution < -0.4 is 5.32 Å². The number of benzene rings is 1. The minimum absolute atomic E-state index is 0.0172. The van der Waals surface area contributed by atoms with Gasteiger partial charge in [0, 0.05) is 42.5 Å². The lowest BCUT2D eigenvalue weighted by atomic mass is 10.1. The van der Waals surface area contributed by atoms with E-state index in [1.54, 1.807) is 36.7 Å². The van der Waals surface area contributed by atoms with E-state index < -0.39 is 0 Å². The molecule has 0 aliphatic carbocycles. The van der Waals surface area contributed by atoms with E-state index in [4.69, 9.17) is 16.3 Å². The molecule has 6 heteroatoms. The molecule has 1 aromatic carbocycles. The molecule has 22 heavy (non-hydrogen) atoms. The summed E-state index contributed by atoms with van der Waals surface area (Å²) in [5, 5.41) is 3.85. The van der Waals surface area contributed by atoms with Gasteiger partial charge in [0.15, 0.2) is 11.6 Å². The van der Waals surface area contributed by atoms with Gasteiger partial charge in [-0.05, 0) is 29.8 Å². The van der Waals surface area contributed by atoms with Crippen LogP contribution in [0.15, 0.2) is 36.7 Å². The molecule has 0 amide bonds. The van der Waals surface area contributed by atoms with Gasteiger partial charge in [0.25, 0.3) is 0 Å². The third-order valence-electron chi connectivity index (χ3n) is 3.47. The molecule has 1 aliphatic heterocycles. The SMILES string of the molecule is O=C(Cc1cnc(C2CNCCO2)nc1)c1ccc(Cl)cc1. The first-order valence-corrected chi connectivity index (χ1v) is 7.52. The van der Waals surface area contributed by atoms with Gasteiger partial charge in [0.1, 0.15) is 6.10 Å². The Morgan fingerprint density at radius 3 is 2.64 bits per heavy atom. The summed E-state index contributed by atoms with van der Waals surface area (Å²) < 4.78 is 5.60. The van der Waals surface area contributed by atoms with Gasteiger partial charge in [-0.25, -0.2) is 9.97 Å². The number of hydrogen-bond acceptors (Lipinski definition) is 5. The summed E-state index contributed by atoms with van der Waals surface area (Å²) in [4.78, 5) is 20.8. The first-order chi connectivity index (χ1) is 10.7. The Kier molecular flexibility index (Phi) is 4.77. The van der Waals surface area contributed by atoms with Gasteiger partial charge in [-0.2, -0.15) is 0 Å². The normalized spacial score (nSPS) is 18.1. The summed E-state index contributed by atoms with van der Waals surface area (Å²) in [6.07, 6.45) is 3.53. The fourth-order valence-corrected chi connectivity index (χ4v) is 2.40. The van der Waals surface area contributed by atoms with Crippen molar-refractivity contribution in [2.24, 2.45) is 0 Å². The average Bonchev–Trinajstić information content (AvgIpc) is 2.57. The van der Waals surface area contributed by atoms with Crippen molar-refractivity contribution >= 4 is 17.4 Å². The second-order valence-electron chi connectivity index (χ2n) is 5.12. The van der Waals surface area contributed by atoms with Gasteiger partial charge in [-0.15, -0.1) is 0 Å². The van der Waals surface area contributed by atoms with E-state index in [9.17, 15) is 4.79 Å². The highest BCUT2D eigenvalue weighted by atomic mass is 35.5. The molecule has 1 atom stereocenters. The van der Waals surface area contributed by atoms with E-state index in [1.807, 2.05) is 0 Å². The number of morpholine rings is 1. The molecular weight excluding hydrogens is 302 g/mol. The van der Waals surface area contributed by atoms with Gasteiger partial charge in [-0.1, -0.05) is 11.6 Å². The third-order valence-corrected chi connectivity index (χ3v) is 3.72. The molecule has 3 rings (SSSR count). The zero-order chi connectivity index (χ0) is 15.4. The number of hydrogen-bond donors (Lipinski definition) is 1. The van der Waals surface area contributed by atoms with Crippen LogP contribution in [0.2, 0.25) is 5.02 Å². The minimum Gasteiger partial charge on any atom is -0.368 e. The monoisotopic (exact) mass is 317 g/mol. The molecule has 5 nitrogen and oxygen atoms in total. The van der Waals surface area contributed by atoms with Crippen LogP contribution in [-0.2, 0) is 11.2 Å². The van der Waals surface area contributed by atoms with E-state index in [0.29, 0.717) is 29.6 Å². The summed E-state index contributed by atoms with van der Waals surface area (Å²) in [6.45, 7) is 2.22. The maximum absolute atomic E-state index is 12.2. The van der Waals surface area contributed by atoms with Gasteiger partial charge < -0.3 is 10.1 Å². The maximum atomic E-state index is 12.2. The number of ether oxygens (including phenoxy) is 1. The lowest BCUT2D eigenvalue weighted by molar-refractivity contribution is 0.0221. The Morgan fingerprint density at radius 1 is 1.27 bits per heavy atom. The predicted octanol–water partition coefficient (Wildman–Crippen LogP) is 2.22. The van der Waals surface area contributed by atoms with E-state index in [-0.39, 0.29) is 18.3 Å². The Hall–Kier alpha value is -1.82. The Balaban J connectivity index is 1.65. The number of Topliss-reactive ketones (excluding diaryl/α,β-unsaturated/α-hetero) is 1. The maximum Gasteiger partial charge on any atom is 0.167 e. The summed E-state index contributed by atoms with van der Waals surface area (Å²) in [6, 6.07) is 6.87. The Morgan fingerprint density at radius 2 is 2.00 bits per heavy atom. The van der Waals surface area contributed by atoms with E-state index in [1.165, 1.54) is 0 Å². The Bertz CT molecular complexity index is 637. The number of aromatic nitrogens is 2. The number of carbonyl (C=O) groups is 1. The van der Waals surface area contributed by atoms with Crippen molar-refractivity contribution in [2.45, 2.75) is 12.5 Å². The quantitative estimate of drug-likeness (QED) is 0.876. The molecule has 2 heterocycles. The molecule has 1 N–H and O–H groups in total. The smallest absolute Gasteiger partial charge is 0.167 e. The van der Waals surface area contributed by atoms with Crippen molar-refractivity contribution in [3.63, 3.8) is 0 Å². The highest BCUT2D eigenvalue weighted by Gasteiger charge is 2.18. The number of halogens is 1. The first kappa shape index (κ1) is 15.1.